The van der Waals surface area contributed by atoms with Crippen LogP contribution in [-0.4, -0.2) is 72.8 Å². The number of aromatic nitrogens is 4. The Kier molecular flexibility index (Phi) is 7.89. The Bertz CT molecular complexity index is 1650. The van der Waals surface area contributed by atoms with Crippen molar-refractivity contribution in [2.75, 3.05) is 26.7 Å². The minimum Gasteiger partial charge on any atom is -0.490 e. The highest BCUT2D eigenvalue weighted by molar-refractivity contribution is 6.00. The predicted octanol–water partition coefficient (Wildman–Crippen LogP) is 5.08. The van der Waals surface area contributed by atoms with Crippen LogP contribution in [0.2, 0.25) is 0 Å². The molecule has 2 aliphatic rings. The van der Waals surface area contributed by atoms with E-state index in [1.54, 1.807) is 20.8 Å². The Balaban J connectivity index is 0.000000652. The van der Waals surface area contributed by atoms with E-state index in [4.69, 9.17) is 19.9 Å². The van der Waals surface area contributed by atoms with E-state index in [1.165, 1.54) is 6.07 Å². The van der Waals surface area contributed by atoms with Crippen molar-refractivity contribution in [2.45, 2.75) is 65.5 Å². The molecule has 5 heterocycles. The van der Waals surface area contributed by atoms with Crippen LogP contribution >= 0.6 is 0 Å². The van der Waals surface area contributed by atoms with Crippen LogP contribution < -0.4 is 4.74 Å². The van der Waals surface area contributed by atoms with Crippen LogP contribution in [0.3, 0.4) is 0 Å². The Labute approximate surface area is 245 Å². The highest BCUT2D eigenvalue weighted by Crippen LogP contribution is 2.43. The molecule has 0 saturated carbocycles. The molecule has 0 amide bonds. The zero-order chi connectivity index (χ0) is 30.5. The molecule has 6 rings (SSSR count). The van der Waals surface area contributed by atoms with Crippen LogP contribution in [0.15, 0.2) is 24.4 Å². The molecular weight excluding hydrogens is 537 g/mol. The van der Waals surface area contributed by atoms with Gasteiger partial charge in [-0.05, 0) is 95.0 Å². The van der Waals surface area contributed by atoms with E-state index in [0.29, 0.717) is 40.9 Å². The van der Waals surface area contributed by atoms with E-state index < -0.39 is 17.4 Å². The number of hydrogen-bond acceptors (Lipinski definition) is 6. The molecule has 0 radical (unpaired) electrons. The molecule has 9 nitrogen and oxygen atoms in total. The summed E-state index contributed by atoms with van der Waals surface area (Å²) in [5, 5.41) is 23.9. The summed E-state index contributed by atoms with van der Waals surface area (Å²) < 4.78 is 25.0. The molecule has 10 heteroatoms. The smallest absolute Gasteiger partial charge is 0.307 e. The van der Waals surface area contributed by atoms with Gasteiger partial charge in [-0.3, -0.25) is 9.48 Å². The number of carboxylic acids is 1. The third-order valence-electron chi connectivity index (χ3n) is 7.81. The molecule has 1 saturated heterocycles. The van der Waals surface area contributed by atoms with Crippen LogP contribution in [0, 0.1) is 19.7 Å². The second-order valence-corrected chi connectivity index (χ2v) is 12.5. The summed E-state index contributed by atoms with van der Waals surface area (Å²) in [6, 6.07) is 5.86. The van der Waals surface area contributed by atoms with E-state index in [-0.39, 0.29) is 6.42 Å². The van der Waals surface area contributed by atoms with E-state index in [0.717, 1.165) is 59.4 Å². The number of carbonyl (C=O) groups is 1. The van der Waals surface area contributed by atoms with Crippen molar-refractivity contribution < 1.29 is 24.1 Å². The van der Waals surface area contributed by atoms with E-state index in [2.05, 4.69) is 11.9 Å². The number of rotatable bonds is 5. The highest BCUT2D eigenvalue weighted by Gasteiger charge is 2.28. The number of likely N-dealkylation sites (N-methyl/N-ethyl adjacent to an activating group) is 1. The number of halogens is 1. The Hall–Kier alpha value is -3.76. The topological polar surface area (TPSA) is 106 Å². The van der Waals surface area contributed by atoms with E-state index >= 15 is 4.39 Å². The van der Waals surface area contributed by atoms with E-state index in [1.807, 2.05) is 48.5 Å². The number of aliphatic carboxylic acids is 1. The summed E-state index contributed by atoms with van der Waals surface area (Å²) >= 11 is 0. The number of likely N-dealkylation sites (tertiary alicyclic amines) is 1. The van der Waals surface area contributed by atoms with Gasteiger partial charge in [0.05, 0.1) is 30.4 Å². The number of fused-ring (bicyclic) bond motifs is 2. The summed E-state index contributed by atoms with van der Waals surface area (Å²) in [4.78, 5) is 19.0. The fourth-order valence-electron chi connectivity index (χ4n) is 5.83. The average Bonchev–Trinajstić information content (AvgIpc) is 3.49. The van der Waals surface area contributed by atoms with Gasteiger partial charge in [0.25, 0.3) is 0 Å². The molecule has 1 aromatic carbocycles. The fourth-order valence-corrected chi connectivity index (χ4v) is 5.83. The molecule has 0 spiro atoms. The predicted molar refractivity (Wildman–Crippen MR) is 160 cm³/mol. The normalized spacial score (nSPS) is 15.5. The number of benzene rings is 1. The van der Waals surface area contributed by atoms with Crippen LogP contribution in [0.5, 0.6) is 5.75 Å². The minimum absolute atomic E-state index is 0.202. The number of hydrogen-bond donors (Lipinski definition) is 2. The Morgan fingerprint density at radius 2 is 1.88 bits per heavy atom. The van der Waals surface area contributed by atoms with Crippen molar-refractivity contribution in [1.82, 2.24) is 24.2 Å². The first-order chi connectivity index (χ1) is 19.7. The lowest BCUT2D eigenvalue weighted by atomic mass is 9.87. The molecule has 2 N–H and O–H groups in total. The molecule has 0 unspecified atom stereocenters. The summed E-state index contributed by atoms with van der Waals surface area (Å²) in [5.41, 5.74) is 6.30. The molecule has 0 aliphatic carbocycles. The van der Waals surface area contributed by atoms with Crippen molar-refractivity contribution >= 4 is 17.0 Å². The summed E-state index contributed by atoms with van der Waals surface area (Å²) in [5.74, 6) is -1.06. The first-order valence-electron chi connectivity index (χ1n) is 14.3. The Morgan fingerprint density at radius 1 is 1.19 bits per heavy atom. The molecule has 42 heavy (non-hydrogen) atoms. The monoisotopic (exact) mass is 577 g/mol. The standard InChI is InChI=1S/C28H30FN5O3.C4H10O/c1-15-18-6-5-9-37-27(18)22(29)10-19(15)26-20(12-25(35)36)16(2)30-28-21(26)11-24(33(28)4)23-7-8-34(31-23)17-13-32(3)14-17;1-4(2,3)5/h7-8,10-11,17H,5-6,9,12-14H2,1-4H3,(H,35,36);5H,1-3H3. The number of nitrogens with zero attached hydrogens (tertiary/aromatic N) is 5. The van der Waals surface area contributed by atoms with Crippen LogP contribution in [-0.2, 0) is 24.7 Å². The molecule has 4 aromatic rings. The lowest BCUT2D eigenvalue weighted by molar-refractivity contribution is -0.136. The van der Waals surface area contributed by atoms with Crippen molar-refractivity contribution in [3.05, 3.63) is 52.6 Å². The molecular formula is C32H40FN5O4. The quantitative estimate of drug-likeness (QED) is 0.341. The number of aliphatic hydroxyl groups is 1. The molecule has 2 aliphatic heterocycles. The van der Waals surface area contributed by atoms with Gasteiger partial charge in [0, 0.05) is 43.0 Å². The molecule has 0 atom stereocenters. The van der Waals surface area contributed by atoms with Crippen LogP contribution in [0.25, 0.3) is 33.5 Å². The summed E-state index contributed by atoms with van der Waals surface area (Å²) in [6.07, 6.45) is 3.34. The van der Waals surface area contributed by atoms with Gasteiger partial charge in [-0.2, -0.15) is 5.10 Å². The number of carboxylic acid groups (broad SMARTS) is 1. The SMILES string of the molecule is CC(C)(C)O.Cc1nc2c(cc(-c3ccn(C4CN(C)C4)n3)n2C)c(-c2cc(F)c3c(c2C)CCCO3)c1CC(=O)O. The van der Waals surface area contributed by atoms with Gasteiger partial charge in [0.15, 0.2) is 11.6 Å². The average molecular weight is 578 g/mol. The van der Waals surface area contributed by atoms with Crippen molar-refractivity contribution in [3.8, 4) is 28.3 Å². The van der Waals surface area contributed by atoms with E-state index in [9.17, 15) is 9.90 Å². The van der Waals surface area contributed by atoms with Gasteiger partial charge < -0.3 is 24.4 Å². The van der Waals surface area contributed by atoms with Gasteiger partial charge in [-0.15, -0.1) is 0 Å². The van der Waals surface area contributed by atoms with Crippen molar-refractivity contribution in [1.29, 1.82) is 0 Å². The highest BCUT2D eigenvalue weighted by atomic mass is 19.1. The number of aryl methyl sites for hydroxylation is 2. The van der Waals surface area contributed by atoms with Gasteiger partial charge in [-0.25, -0.2) is 9.37 Å². The maximum Gasteiger partial charge on any atom is 0.307 e. The number of pyridine rings is 1. The minimum atomic E-state index is -0.953. The van der Waals surface area contributed by atoms with Crippen molar-refractivity contribution in [2.24, 2.45) is 7.05 Å². The lowest BCUT2D eigenvalue weighted by Crippen LogP contribution is -2.45. The molecule has 0 bridgehead atoms. The molecule has 3 aromatic heterocycles. The van der Waals surface area contributed by atoms with Crippen LogP contribution in [0.4, 0.5) is 4.39 Å². The van der Waals surface area contributed by atoms with Gasteiger partial charge in [-0.1, -0.05) is 0 Å². The number of ether oxygens (including phenoxy) is 1. The lowest BCUT2D eigenvalue weighted by Gasteiger charge is -2.36. The maximum atomic E-state index is 15.3. The first-order valence-corrected chi connectivity index (χ1v) is 14.3. The van der Waals surface area contributed by atoms with Gasteiger partial charge in [0.2, 0.25) is 0 Å². The van der Waals surface area contributed by atoms with Gasteiger partial charge in [0.1, 0.15) is 11.3 Å². The summed E-state index contributed by atoms with van der Waals surface area (Å²) in [7, 11) is 4.03. The van der Waals surface area contributed by atoms with Crippen LogP contribution in [0.1, 0.15) is 55.6 Å². The third kappa shape index (κ3) is 5.78. The van der Waals surface area contributed by atoms with Gasteiger partial charge >= 0.3 is 5.97 Å². The second kappa shape index (κ2) is 11.1. The second-order valence-electron chi connectivity index (χ2n) is 12.5. The first kappa shape index (κ1) is 29.7. The Morgan fingerprint density at radius 3 is 2.52 bits per heavy atom. The summed E-state index contributed by atoms with van der Waals surface area (Å²) in [6.45, 7) is 11.4. The molecule has 224 valence electrons. The fraction of sp³-hybridized carbons (Fsp3) is 0.469. The zero-order valence-electron chi connectivity index (χ0n) is 25.5. The van der Waals surface area contributed by atoms with Crippen molar-refractivity contribution in [3.63, 3.8) is 0 Å². The largest absolute Gasteiger partial charge is 0.490 e. The zero-order valence-corrected chi connectivity index (χ0v) is 25.5. The maximum absolute atomic E-state index is 15.3. The molecule has 1 fully saturated rings. The third-order valence-corrected chi connectivity index (χ3v) is 7.81.